The van der Waals surface area contributed by atoms with Crippen LogP contribution >= 0.6 is 0 Å². The van der Waals surface area contributed by atoms with E-state index in [1.165, 1.54) is 21.9 Å². The maximum atomic E-state index is 5.53. The van der Waals surface area contributed by atoms with Crippen LogP contribution in [0, 0.1) is 28.0 Å². The van der Waals surface area contributed by atoms with Crippen LogP contribution in [-0.2, 0) is 25.8 Å². The van der Waals surface area contributed by atoms with E-state index in [1.807, 2.05) is 10.6 Å². The van der Waals surface area contributed by atoms with E-state index in [-0.39, 0.29) is 46.7 Å². The second kappa shape index (κ2) is 14.5. The topological polar surface area (TPSA) is 18.0 Å². The third-order valence-electron chi connectivity index (χ3n) is 7.10. The molecular weight excluding hydrogens is 651 g/mol. The Kier molecular flexibility index (Phi) is 11.9. The van der Waals surface area contributed by atoms with E-state index in [2.05, 4.69) is 138 Å². The molecule has 0 bridgehead atoms. The van der Waals surface area contributed by atoms with Gasteiger partial charge in [-0.1, -0.05) is 146 Å². The van der Waals surface area contributed by atoms with Gasteiger partial charge in [-0.15, -0.1) is 29.3 Å². The maximum Gasteiger partial charge on any atom is 4.00 e. The Balaban J connectivity index is 0.00000187. The maximum absolute atomic E-state index is 5.53. The summed E-state index contributed by atoms with van der Waals surface area (Å²) in [6.07, 6.45) is 0. The van der Waals surface area contributed by atoms with Crippen LogP contribution in [0.25, 0.3) is 27.3 Å². The van der Waals surface area contributed by atoms with E-state index in [0.29, 0.717) is 11.8 Å². The number of para-hydroxylation sites is 1. The van der Waals surface area contributed by atoms with Gasteiger partial charge in [-0.2, -0.15) is 0 Å². The van der Waals surface area contributed by atoms with Crippen LogP contribution in [0.3, 0.4) is 0 Å². The Bertz CT molecular complexity index is 1490. The molecule has 202 valence electrons. The van der Waals surface area contributed by atoms with Crippen molar-refractivity contribution in [3.63, 3.8) is 0 Å². The Morgan fingerprint density at radius 1 is 0.700 bits per heavy atom. The van der Waals surface area contributed by atoms with Crippen LogP contribution in [0.15, 0.2) is 103 Å². The molecule has 40 heavy (non-hydrogen) atoms. The zero-order valence-corrected chi connectivity index (χ0v) is 28.2. The summed E-state index contributed by atoms with van der Waals surface area (Å²) in [5.41, 5.74) is 7.91. The predicted molar refractivity (Wildman–Crippen MR) is 168 cm³/mol. The van der Waals surface area contributed by atoms with Crippen molar-refractivity contribution < 1.29 is 30.4 Å². The number of hydrogen-bond acceptors (Lipinski definition) is 0. The molecule has 4 aromatic carbocycles. The molecule has 1 heterocycles. The minimum atomic E-state index is -0.203. The molecule has 0 aliphatic heterocycles. The van der Waals surface area contributed by atoms with Crippen molar-refractivity contribution >= 4 is 16.5 Å². The summed E-state index contributed by atoms with van der Waals surface area (Å²) in [7, 11) is 4.54. The molecule has 0 fully saturated rings. The van der Waals surface area contributed by atoms with Crippen molar-refractivity contribution in [3.05, 3.63) is 159 Å². The van der Waals surface area contributed by atoms with E-state index >= 15 is 0 Å². The van der Waals surface area contributed by atoms with E-state index in [9.17, 15) is 0 Å². The Morgan fingerprint density at radius 2 is 1.30 bits per heavy atom. The van der Waals surface area contributed by atoms with Crippen molar-refractivity contribution in [2.75, 3.05) is 0 Å². The number of hydrogen-bond donors (Lipinski definition) is 0. The van der Waals surface area contributed by atoms with Crippen LogP contribution in [0.5, 0.6) is 0 Å². The van der Waals surface area contributed by atoms with E-state index in [1.54, 1.807) is 0 Å². The van der Waals surface area contributed by atoms with Gasteiger partial charge in [0.05, 0.1) is 5.69 Å². The van der Waals surface area contributed by atoms with Gasteiger partial charge in [0, 0.05) is 7.05 Å². The first-order valence-corrected chi connectivity index (χ1v) is 13.1. The Hall–Kier alpha value is -3.17. The Labute approximate surface area is 261 Å². The molecule has 0 radical (unpaired) electrons. The minimum absolute atomic E-state index is 0. The SMILES string of the molecule is [CH2-][n+]1c(-c2[c-]ccc3ccccc23)cccc1C([N-]c1c(C(C)C)cccc1C(C)C)c1ccccc1.[CH3-].[CH3-].[Hf+4]. The van der Waals surface area contributed by atoms with Crippen molar-refractivity contribution in [3.8, 4) is 11.3 Å². The molecule has 3 heteroatoms. The average Bonchev–Trinajstić information content (AvgIpc) is 2.92. The zero-order chi connectivity index (χ0) is 25.9. The fourth-order valence-electron chi connectivity index (χ4n) is 5.13. The molecule has 0 N–H and O–H groups in total. The van der Waals surface area contributed by atoms with Crippen LogP contribution in [0.2, 0.25) is 0 Å². The molecule has 0 spiro atoms. The quantitative estimate of drug-likeness (QED) is 0.0919. The fourth-order valence-corrected chi connectivity index (χ4v) is 5.13. The fraction of sp³-hybridized carbons (Fsp3) is 0.189. The first-order chi connectivity index (χ1) is 18.0. The van der Waals surface area contributed by atoms with Crippen LogP contribution < -0.4 is 4.57 Å². The second-order valence-corrected chi connectivity index (χ2v) is 10.2. The smallest absolute Gasteiger partial charge is 0.679 e. The predicted octanol–water partition coefficient (Wildman–Crippen LogP) is 10.2. The zero-order valence-electron chi connectivity index (χ0n) is 24.6. The summed E-state index contributed by atoms with van der Waals surface area (Å²) >= 11 is 0. The van der Waals surface area contributed by atoms with Crippen LogP contribution in [0.1, 0.15) is 68.0 Å². The summed E-state index contributed by atoms with van der Waals surface area (Å²) in [6.45, 7) is 8.98. The molecule has 5 aromatic rings. The number of fused-ring (bicyclic) bond motifs is 1. The van der Waals surface area contributed by atoms with Gasteiger partial charge in [0.2, 0.25) is 0 Å². The summed E-state index contributed by atoms with van der Waals surface area (Å²) in [4.78, 5) is 0. The summed E-state index contributed by atoms with van der Waals surface area (Å²) in [5.74, 6) is 0.745. The van der Waals surface area contributed by atoms with Crippen molar-refractivity contribution in [2.45, 2.75) is 45.6 Å². The number of benzene rings is 4. The number of pyridine rings is 1. The van der Waals surface area contributed by atoms with Gasteiger partial charge in [-0.05, 0) is 17.9 Å². The first-order valence-electron chi connectivity index (χ1n) is 13.1. The van der Waals surface area contributed by atoms with E-state index < -0.39 is 0 Å². The van der Waals surface area contributed by atoms with E-state index in [0.717, 1.165) is 28.2 Å². The van der Waals surface area contributed by atoms with Crippen LogP contribution in [-0.4, -0.2) is 0 Å². The molecule has 1 unspecified atom stereocenters. The molecule has 5 rings (SSSR count). The van der Waals surface area contributed by atoms with Gasteiger partial charge in [-0.3, -0.25) is 0 Å². The van der Waals surface area contributed by atoms with Gasteiger partial charge in [0.15, 0.2) is 0 Å². The number of nitrogens with zero attached hydrogens (tertiary/aromatic N) is 2. The molecule has 1 aromatic heterocycles. The standard InChI is InChI=1S/C35H34N2.2CH3.Hf/c1-24(2)28-19-12-20-29(25(3)4)35(28)36-34(27-15-7-6-8-16-27)33-23-13-22-32(37(33)5)31-21-11-17-26-14-9-10-18-30(26)31;;;/h6-20,22-25,34H,5H2,1-4H3;2*1H3;/q-2;2*-1;+4. The molecule has 0 amide bonds. The summed E-state index contributed by atoms with van der Waals surface area (Å²) in [5, 5.41) is 7.89. The normalized spacial score (nSPS) is 11.3. The third kappa shape index (κ3) is 6.58. The molecule has 0 aliphatic rings. The number of rotatable bonds is 7. The van der Waals surface area contributed by atoms with Gasteiger partial charge >= 0.3 is 25.8 Å². The number of aromatic nitrogens is 1. The average molecular weight is 691 g/mol. The van der Waals surface area contributed by atoms with Gasteiger partial charge in [0.1, 0.15) is 5.69 Å². The third-order valence-corrected chi connectivity index (χ3v) is 7.10. The molecule has 0 saturated heterocycles. The molecule has 2 nitrogen and oxygen atoms in total. The molecular formula is C37H40HfN2. The Morgan fingerprint density at radius 3 is 1.95 bits per heavy atom. The largest absolute Gasteiger partial charge is 4.00 e. The van der Waals surface area contributed by atoms with Gasteiger partial charge in [-0.25, -0.2) is 0 Å². The van der Waals surface area contributed by atoms with Crippen molar-refractivity contribution in [2.24, 2.45) is 0 Å². The molecule has 0 aliphatic carbocycles. The van der Waals surface area contributed by atoms with E-state index in [4.69, 9.17) is 5.32 Å². The monoisotopic (exact) mass is 692 g/mol. The second-order valence-electron chi connectivity index (χ2n) is 10.2. The van der Waals surface area contributed by atoms with Crippen molar-refractivity contribution in [1.82, 2.24) is 0 Å². The summed E-state index contributed by atoms with van der Waals surface area (Å²) < 4.78 is 2.05. The first kappa shape index (κ1) is 33.0. The van der Waals surface area contributed by atoms with Gasteiger partial charge in [0.25, 0.3) is 0 Å². The molecule has 0 saturated carbocycles. The molecule has 1 atom stereocenters. The van der Waals surface area contributed by atoms with Crippen molar-refractivity contribution in [1.29, 1.82) is 0 Å². The van der Waals surface area contributed by atoms with Crippen LogP contribution in [0.4, 0.5) is 5.69 Å². The minimum Gasteiger partial charge on any atom is -0.679 e. The summed E-state index contributed by atoms with van der Waals surface area (Å²) in [6, 6.07) is 39.4. The van der Waals surface area contributed by atoms with Gasteiger partial charge < -0.3 is 24.7 Å².